The van der Waals surface area contributed by atoms with E-state index in [9.17, 15) is 22.4 Å². The summed E-state index contributed by atoms with van der Waals surface area (Å²) in [6.45, 7) is 0.350. The van der Waals surface area contributed by atoms with Crippen LogP contribution >= 0.6 is 0 Å². The van der Waals surface area contributed by atoms with Gasteiger partial charge in [-0.15, -0.1) is 0 Å². The van der Waals surface area contributed by atoms with Crippen LogP contribution in [-0.2, 0) is 26.6 Å². The molecule has 0 aromatic heterocycles. The maximum Gasteiger partial charge on any atom is 0.238 e. The predicted octanol–water partition coefficient (Wildman–Crippen LogP) is 4.56. The lowest BCUT2D eigenvalue weighted by Crippen LogP contribution is -2.32. The quantitative estimate of drug-likeness (QED) is 0.456. The van der Waals surface area contributed by atoms with Crippen molar-refractivity contribution in [2.75, 3.05) is 10.7 Å². The molecule has 1 heterocycles. The maximum atomic E-state index is 13.7. The van der Waals surface area contributed by atoms with E-state index in [1.807, 2.05) is 24.3 Å². The number of halogens is 1. The molecular weight excluding hydrogens is 465 g/mol. The van der Waals surface area contributed by atoms with E-state index in [1.54, 1.807) is 41.3 Å². The van der Waals surface area contributed by atoms with Gasteiger partial charge in [-0.2, -0.15) is 0 Å². The van der Waals surface area contributed by atoms with Crippen LogP contribution in [0.15, 0.2) is 72.8 Å². The second kappa shape index (κ2) is 7.85. The summed E-state index contributed by atoms with van der Waals surface area (Å²) >= 11 is 0. The first-order chi connectivity index (χ1) is 16.8. The van der Waals surface area contributed by atoms with Crippen LogP contribution in [0, 0.1) is 5.82 Å². The number of rotatable bonds is 7. The third kappa shape index (κ3) is 3.69. The van der Waals surface area contributed by atoms with Crippen molar-refractivity contribution < 1.29 is 22.4 Å². The molecule has 0 N–H and O–H groups in total. The van der Waals surface area contributed by atoms with Gasteiger partial charge < -0.3 is 4.90 Å². The average Bonchev–Trinajstić information content (AvgIpc) is 3.76. The molecule has 2 saturated carbocycles. The zero-order valence-electron chi connectivity index (χ0n) is 19.0. The molecular formula is C28H24FNO4S. The minimum Gasteiger partial charge on any atom is -0.307 e. The van der Waals surface area contributed by atoms with Crippen LogP contribution < -0.4 is 4.90 Å². The molecule has 7 heteroatoms. The highest BCUT2D eigenvalue weighted by Gasteiger charge is 2.67. The lowest BCUT2D eigenvalue weighted by Gasteiger charge is -2.19. The molecule has 5 nitrogen and oxygen atoms in total. The molecule has 3 aliphatic rings. The van der Waals surface area contributed by atoms with E-state index in [1.165, 1.54) is 12.1 Å². The number of carbonyl (C=O) groups is 2. The van der Waals surface area contributed by atoms with Gasteiger partial charge in [0.05, 0.1) is 17.2 Å². The molecule has 178 valence electrons. The number of ketones is 1. The fourth-order valence-corrected chi connectivity index (χ4v) is 7.02. The fourth-order valence-electron chi connectivity index (χ4n) is 5.39. The first-order valence-electron chi connectivity index (χ1n) is 11.8. The molecule has 1 spiro atoms. The lowest BCUT2D eigenvalue weighted by molar-refractivity contribution is -0.120. The molecule has 0 saturated heterocycles. The summed E-state index contributed by atoms with van der Waals surface area (Å²) in [5.74, 6) is -1.11. The Labute approximate surface area is 203 Å². The Balaban J connectivity index is 1.23. The van der Waals surface area contributed by atoms with Gasteiger partial charge in [0, 0.05) is 17.2 Å². The predicted molar refractivity (Wildman–Crippen MR) is 131 cm³/mol. The zero-order chi connectivity index (χ0) is 24.4. The number of hydrogen-bond donors (Lipinski definition) is 0. The van der Waals surface area contributed by atoms with Crippen molar-refractivity contribution in [3.63, 3.8) is 0 Å². The van der Waals surface area contributed by atoms with E-state index in [-0.39, 0.29) is 22.9 Å². The summed E-state index contributed by atoms with van der Waals surface area (Å²) in [4.78, 5) is 28.0. The Morgan fingerprint density at radius 3 is 2.34 bits per heavy atom. The molecule has 1 aliphatic heterocycles. The summed E-state index contributed by atoms with van der Waals surface area (Å²) in [5, 5.41) is -0.361. The van der Waals surface area contributed by atoms with Gasteiger partial charge in [0.15, 0.2) is 15.6 Å². The molecule has 3 aromatic rings. The van der Waals surface area contributed by atoms with Crippen LogP contribution in [0.25, 0.3) is 0 Å². The van der Waals surface area contributed by atoms with Gasteiger partial charge >= 0.3 is 0 Å². The minimum absolute atomic E-state index is 0.00941. The van der Waals surface area contributed by atoms with E-state index in [4.69, 9.17) is 0 Å². The van der Waals surface area contributed by atoms with Crippen molar-refractivity contribution in [1.82, 2.24) is 0 Å². The Bertz CT molecular complexity index is 1450. The van der Waals surface area contributed by atoms with Gasteiger partial charge in [0.2, 0.25) is 5.91 Å². The highest BCUT2D eigenvalue weighted by atomic mass is 32.2. The number of para-hydroxylation sites is 1. The smallest absolute Gasteiger partial charge is 0.238 e. The summed E-state index contributed by atoms with van der Waals surface area (Å²) in [6.07, 6.45) is 1.97. The summed E-state index contributed by atoms with van der Waals surface area (Å²) in [6, 6.07) is 21.0. The number of hydrogen-bond acceptors (Lipinski definition) is 4. The molecule has 0 bridgehead atoms. The minimum atomic E-state index is -3.36. The number of benzene rings is 3. The van der Waals surface area contributed by atoms with E-state index < -0.39 is 26.8 Å². The van der Waals surface area contributed by atoms with Gasteiger partial charge in [-0.25, -0.2) is 12.8 Å². The molecule has 35 heavy (non-hydrogen) atoms. The molecule has 2 aliphatic carbocycles. The fraction of sp³-hybridized carbons (Fsp3) is 0.286. The van der Waals surface area contributed by atoms with Crippen molar-refractivity contribution in [2.24, 2.45) is 0 Å². The Hall–Kier alpha value is -3.32. The summed E-state index contributed by atoms with van der Waals surface area (Å²) in [7, 11) is -3.36. The van der Waals surface area contributed by atoms with Gasteiger partial charge in [0.1, 0.15) is 11.6 Å². The van der Waals surface area contributed by atoms with E-state index in [2.05, 4.69) is 0 Å². The van der Waals surface area contributed by atoms with Crippen LogP contribution in [0.1, 0.15) is 52.2 Å². The van der Waals surface area contributed by atoms with Crippen LogP contribution in [0.5, 0.6) is 0 Å². The molecule has 3 aromatic carbocycles. The van der Waals surface area contributed by atoms with Crippen LogP contribution in [0.3, 0.4) is 0 Å². The molecule has 0 unspecified atom stereocenters. The van der Waals surface area contributed by atoms with Gasteiger partial charge in [-0.1, -0.05) is 54.6 Å². The largest absolute Gasteiger partial charge is 0.307 e. The number of fused-ring (bicyclic) bond motifs is 2. The lowest BCUT2D eigenvalue weighted by atomic mass is 9.92. The Morgan fingerprint density at radius 1 is 0.971 bits per heavy atom. The van der Waals surface area contributed by atoms with E-state index >= 15 is 0 Å². The summed E-state index contributed by atoms with van der Waals surface area (Å²) < 4.78 is 37.7. The molecule has 2 fully saturated rings. The molecule has 2 atom stereocenters. The van der Waals surface area contributed by atoms with Crippen molar-refractivity contribution in [3.8, 4) is 0 Å². The molecule has 1 amide bonds. The number of amides is 1. The second-order valence-corrected chi connectivity index (χ2v) is 12.1. The van der Waals surface area contributed by atoms with Crippen molar-refractivity contribution in [1.29, 1.82) is 0 Å². The van der Waals surface area contributed by atoms with Gasteiger partial charge in [-0.05, 0) is 54.2 Å². The van der Waals surface area contributed by atoms with Crippen LogP contribution in [-0.4, -0.2) is 31.1 Å². The van der Waals surface area contributed by atoms with Crippen LogP contribution in [0.2, 0.25) is 0 Å². The monoisotopic (exact) mass is 489 g/mol. The van der Waals surface area contributed by atoms with Crippen molar-refractivity contribution in [2.45, 2.75) is 42.4 Å². The molecule has 0 radical (unpaired) electrons. The number of Topliss-reactive ketones (excluding diaryl/α,β-unsaturated/α-hetero) is 1. The van der Waals surface area contributed by atoms with Crippen molar-refractivity contribution >= 4 is 27.2 Å². The number of anilines is 1. The third-order valence-electron chi connectivity index (χ3n) is 7.52. The highest BCUT2D eigenvalue weighted by molar-refractivity contribution is 7.93. The molecule has 6 rings (SSSR count). The van der Waals surface area contributed by atoms with Gasteiger partial charge in [-0.3, -0.25) is 9.59 Å². The first kappa shape index (κ1) is 22.2. The van der Waals surface area contributed by atoms with Crippen molar-refractivity contribution in [3.05, 3.63) is 101 Å². The Kier molecular flexibility index (Phi) is 4.97. The standard InChI is InChI=1S/C28H24FNO4S/c29-21-11-9-19(10-12-21)24-15-28(24)23-3-1-2-4-25(23)30(27(28)32)16-18-5-7-20(8-6-18)26(31)17-35(33,34)22-13-14-22/h1-12,22,24H,13-17H2/t24-,28-/m1/s1. The van der Waals surface area contributed by atoms with Gasteiger partial charge in [0.25, 0.3) is 0 Å². The first-order valence-corrected chi connectivity index (χ1v) is 13.5. The Morgan fingerprint density at radius 2 is 1.66 bits per heavy atom. The third-order valence-corrected chi connectivity index (χ3v) is 9.67. The number of sulfone groups is 1. The van der Waals surface area contributed by atoms with E-state index in [0.717, 1.165) is 22.4 Å². The number of nitrogens with zero attached hydrogens (tertiary/aromatic N) is 1. The highest BCUT2D eigenvalue weighted by Crippen LogP contribution is 2.66. The topological polar surface area (TPSA) is 71.5 Å². The maximum absolute atomic E-state index is 13.7. The summed E-state index contributed by atoms with van der Waals surface area (Å²) in [5.41, 5.74) is 3.42. The second-order valence-electron chi connectivity index (χ2n) is 9.81. The number of carbonyl (C=O) groups excluding carboxylic acids is 2. The van der Waals surface area contributed by atoms with Crippen LogP contribution in [0.4, 0.5) is 10.1 Å². The normalized spacial score (nSPS) is 22.9. The average molecular weight is 490 g/mol. The zero-order valence-corrected chi connectivity index (χ0v) is 19.8. The van der Waals surface area contributed by atoms with E-state index in [0.29, 0.717) is 31.4 Å². The SMILES string of the molecule is O=C(CS(=O)(=O)C1CC1)c1ccc(CN2C(=O)[C@]3(C[C@@H]3c3ccc(F)cc3)c3ccccc32)cc1.